The largest absolute Gasteiger partial charge is 0.506 e. The first-order valence-electron chi connectivity index (χ1n) is 8.07. The van der Waals surface area contributed by atoms with Crippen molar-refractivity contribution < 1.29 is 19.8 Å². The highest BCUT2D eigenvalue weighted by Crippen LogP contribution is 2.26. The molecule has 8 heteroatoms. The normalized spacial score (nSPS) is 10.7. The number of aromatic hydroxyl groups is 1. The van der Waals surface area contributed by atoms with Crippen LogP contribution in [-0.4, -0.2) is 33.6 Å². The number of aromatic nitrogens is 1. The van der Waals surface area contributed by atoms with Crippen LogP contribution in [0.25, 0.3) is 10.9 Å². The number of hydrogen-bond donors (Lipinski definition) is 5. The summed E-state index contributed by atoms with van der Waals surface area (Å²) in [7, 11) is 0. The van der Waals surface area contributed by atoms with Crippen molar-refractivity contribution in [2.45, 2.75) is 6.42 Å². The molecule has 0 atom stereocenters. The number of rotatable bonds is 5. The maximum Gasteiger partial charge on any atom is 0.322 e. The van der Waals surface area contributed by atoms with Crippen LogP contribution in [0.5, 0.6) is 5.75 Å². The van der Waals surface area contributed by atoms with Crippen LogP contribution in [0.3, 0.4) is 0 Å². The molecule has 0 bridgehead atoms. The topological polar surface area (TPSA) is 146 Å². The first-order valence-corrected chi connectivity index (χ1v) is 8.07. The van der Waals surface area contributed by atoms with E-state index in [9.17, 15) is 19.5 Å². The second-order valence-corrected chi connectivity index (χ2v) is 6.06. The summed E-state index contributed by atoms with van der Waals surface area (Å²) >= 11 is 0. The Bertz CT molecular complexity index is 1100. The second kappa shape index (κ2) is 7.20. The van der Waals surface area contributed by atoms with Gasteiger partial charge in [-0.1, -0.05) is 18.2 Å². The van der Waals surface area contributed by atoms with Crippen molar-refractivity contribution in [2.75, 3.05) is 12.3 Å². The summed E-state index contributed by atoms with van der Waals surface area (Å²) in [6, 6.07) is 12.5. The molecule has 6 N–H and O–H groups in total. The van der Waals surface area contributed by atoms with E-state index in [1.807, 2.05) is 18.2 Å². The van der Waals surface area contributed by atoms with Crippen LogP contribution in [0.15, 0.2) is 47.3 Å². The minimum Gasteiger partial charge on any atom is -0.506 e. The smallest absolute Gasteiger partial charge is 0.322 e. The third-order valence-electron chi connectivity index (χ3n) is 4.04. The molecule has 0 aliphatic heterocycles. The van der Waals surface area contributed by atoms with Crippen LogP contribution in [0.4, 0.5) is 5.69 Å². The molecule has 8 nitrogen and oxygen atoms in total. The Hall–Kier alpha value is -3.81. The molecule has 27 heavy (non-hydrogen) atoms. The number of carboxylic acids is 1. The number of carboxylic acid groups (broad SMARTS) is 1. The van der Waals surface area contributed by atoms with E-state index in [-0.39, 0.29) is 5.39 Å². The highest BCUT2D eigenvalue weighted by atomic mass is 16.4. The van der Waals surface area contributed by atoms with Crippen molar-refractivity contribution in [1.29, 1.82) is 0 Å². The molecule has 0 fully saturated rings. The van der Waals surface area contributed by atoms with Gasteiger partial charge in [-0.3, -0.25) is 14.4 Å². The lowest BCUT2D eigenvalue weighted by molar-refractivity contribution is -0.135. The van der Waals surface area contributed by atoms with Crippen molar-refractivity contribution in [3.8, 4) is 5.75 Å². The van der Waals surface area contributed by atoms with Crippen LogP contribution < -0.4 is 16.6 Å². The summed E-state index contributed by atoms with van der Waals surface area (Å²) in [6.45, 7) is -0.658. The van der Waals surface area contributed by atoms with Crippen LogP contribution in [0.2, 0.25) is 0 Å². The van der Waals surface area contributed by atoms with E-state index in [1.165, 1.54) is 0 Å². The number of H-pyrrole nitrogens is 1. The molecule has 2 aromatic carbocycles. The third-order valence-corrected chi connectivity index (χ3v) is 4.04. The number of anilines is 1. The van der Waals surface area contributed by atoms with Crippen LogP contribution in [-0.2, 0) is 11.2 Å². The average Bonchev–Trinajstić information content (AvgIpc) is 2.59. The van der Waals surface area contributed by atoms with E-state index in [1.54, 1.807) is 24.3 Å². The number of nitrogens with one attached hydrogen (secondary N) is 2. The molecular formula is C19H17N3O5. The number of benzene rings is 2. The van der Waals surface area contributed by atoms with E-state index in [2.05, 4.69) is 10.3 Å². The van der Waals surface area contributed by atoms with E-state index < -0.39 is 35.3 Å². The maximum absolute atomic E-state index is 12.2. The van der Waals surface area contributed by atoms with Gasteiger partial charge in [0.25, 0.3) is 11.5 Å². The summed E-state index contributed by atoms with van der Waals surface area (Å²) in [6.07, 6.45) is 0.574. The number of fused-ring (bicyclic) bond motifs is 1. The summed E-state index contributed by atoms with van der Waals surface area (Å²) in [5.41, 5.74) is 7.34. The number of amides is 1. The lowest BCUT2D eigenvalue weighted by Crippen LogP contribution is -2.33. The number of nitrogen functional groups attached to an aromatic ring is 1. The summed E-state index contributed by atoms with van der Waals surface area (Å²) in [5.74, 6) is -2.71. The Morgan fingerprint density at radius 3 is 2.56 bits per heavy atom. The summed E-state index contributed by atoms with van der Waals surface area (Å²) in [4.78, 5) is 37.3. The van der Waals surface area contributed by atoms with Gasteiger partial charge < -0.3 is 26.2 Å². The molecule has 0 radical (unpaired) electrons. The minimum atomic E-state index is -1.26. The third kappa shape index (κ3) is 3.90. The van der Waals surface area contributed by atoms with Gasteiger partial charge in [0, 0.05) is 11.1 Å². The molecule has 3 aromatic rings. The first kappa shape index (κ1) is 18.0. The van der Waals surface area contributed by atoms with Gasteiger partial charge in [-0.15, -0.1) is 0 Å². The van der Waals surface area contributed by atoms with Crippen LogP contribution in [0, 0.1) is 0 Å². The minimum absolute atomic E-state index is 0.284. The zero-order valence-electron chi connectivity index (χ0n) is 14.2. The number of hydrogen-bond acceptors (Lipinski definition) is 5. The number of carbonyl (C=O) groups is 2. The average molecular weight is 367 g/mol. The lowest BCUT2D eigenvalue weighted by atomic mass is 10.0. The molecule has 1 amide bonds. The molecule has 138 valence electrons. The van der Waals surface area contributed by atoms with Gasteiger partial charge in [-0.05, 0) is 41.8 Å². The Labute approximate surface area is 153 Å². The molecular weight excluding hydrogens is 350 g/mol. The molecule has 1 aromatic heterocycles. The fourth-order valence-electron chi connectivity index (χ4n) is 2.83. The summed E-state index contributed by atoms with van der Waals surface area (Å²) in [5, 5.41) is 21.3. The van der Waals surface area contributed by atoms with E-state index in [0.29, 0.717) is 17.6 Å². The highest BCUT2D eigenvalue weighted by molar-refractivity contribution is 6.02. The predicted molar refractivity (Wildman–Crippen MR) is 99.9 cm³/mol. The molecule has 0 spiro atoms. The van der Waals surface area contributed by atoms with Gasteiger partial charge in [0.05, 0.1) is 5.52 Å². The van der Waals surface area contributed by atoms with Crippen molar-refractivity contribution in [1.82, 2.24) is 10.3 Å². The zero-order chi connectivity index (χ0) is 19.6. The van der Waals surface area contributed by atoms with Gasteiger partial charge in [-0.25, -0.2) is 0 Å². The van der Waals surface area contributed by atoms with Crippen molar-refractivity contribution >= 4 is 28.5 Å². The zero-order valence-corrected chi connectivity index (χ0v) is 14.2. The molecule has 0 aliphatic rings. The number of pyridine rings is 1. The van der Waals surface area contributed by atoms with Crippen molar-refractivity contribution in [3.63, 3.8) is 0 Å². The van der Waals surface area contributed by atoms with Gasteiger partial charge in [0.2, 0.25) is 0 Å². The quantitative estimate of drug-likeness (QED) is 0.429. The monoisotopic (exact) mass is 367 g/mol. The van der Waals surface area contributed by atoms with E-state index in [0.717, 1.165) is 11.1 Å². The molecule has 0 unspecified atom stereocenters. The fourth-order valence-corrected chi connectivity index (χ4v) is 2.83. The van der Waals surface area contributed by atoms with Gasteiger partial charge in [-0.2, -0.15) is 0 Å². The van der Waals surface area contributed by atoms with Crippen LogP contribution in [0.1, 0.15) is 21.5 Å². The molecule has 0 aliphatic carbocycles. The van der Waals surface area contributed by atoms with Gasteiger partial charge in [0.1, 0.15) is 17.9 Å². The SMILES string of the molecule is Nc1cccc(Cc2ccc3c(O)c(C(=O)NCC(=O)O)c(=O)[nH]c3c2)c1. The van der Waals surface area contributed by atoms with Crippen molar-refractivity contribution in [3.05, 3.63) is 69.5 Å². The molecule has 1 heterocycles. The Balaban J connectivity index is 1.97. The Kier molecular flexibility index (Phi) is 4.80. The van der Waals surface area contributed by atoms with Gasteiger partial charge >= 0.3 is 5.97 Å². The molecule has 3 rings (SSSR count). The number of aromatic amines is 1. The number of carbonyl (C=O) groups excluding carboxylic acids is 1. The molecule has 0 saturated heterocycles. The molecule has 0 saturated carbocycles. The van der Waals surface area contributed by atoms with Gasteiger partial charge in [0.15, 0.2) is 0 Å². The number of nitrogens with two attached hydrogens (primary N) is 1. The summed E-state index contributed by atoms with van der Waals surface area (Å²) < 4.78 is 0. The lowest BCUT2D eigenvalue weighted by Gasteiger charge is -2.09. The highest BCUT2D eigenvalue weighted by Gasteiger charge is 2.19. The van der Waals surface area contributed by atoms with E-state index in [4.69, 9.17) is 10.8 Å². The second-order valence-electron chi connectivity index (χ2n) is 6.06. The predicted octanol–water partition coefficient (Wildman–Crippen LogP) is 1.22. The Morgan fingerprint density at radius 2 is 1.85 bits per heavy atom. The fraction of sp³-hybridized carbons (Fsp3) is 0.105. The first-order chi connectivity index (χ1) is 12.8. The number of aliphatic carboxylic acids is 1. The van der Waals surface area contributed by atoms with Crippen LogP contribution >= 0.6 is 0 Å². The van der Waals surface area contributed by atoms with Crippen molar-refractivity contribution in [2.24, 2.45) is 0 Å². The Morgan fingerprint density at radius 1 is 1.11 bits per heavy atom. The van der Waals surface area contributed by atoms with E-state index >= 15 is 0 Å². The standard InChI is InChI=1S/C19H17N3O5/c20-12-3-1-2-10(7-12)6-11-4-5-13-14(8-11)22-19(27)16(17(13)25)18(26)21-9-15(23)24/h1-5,7-8H,6,9,20H2,(H,21,26)(H,23,24)(H2,22,25,27). The maximum atomic E-state index is 12.2.